The third kappa shape index (κ3) is 1.32. The van der Waals surface area contributed by atoms with E-state index in [9.17, 15) is 10.1 Å². The van der Waals surface area contributed by atoms with Crippen LogP contribution in [0, 0.1) is 11.3 Å². The summed E-state index contributed by atoms with van der Waals surface area (Å²) in [7, 11) is 1.37. The molecule has 0 aromatic heterocycles. The fourth-order valence-electron chi connectivity index (χ4n) is 3.27. The zero-order valence-electron chi connectivity index (χ0n) is 10.1. The Balaban J connectivity index is 2.22. The van der Waals surface area contributed by atoms with Crippen LogP contribution in [0.25, 0.3) is 0 Å². The molecule has 2 bridgehead atoms. The number of carbonyl (C=O) groups excluding carboxylic acids is 1. The van der Waals surface area contributed by atoms with Crippen LogP contribution in [0.4, 0.5) is 0 Å². The van der Waals surface area contributed by atoms with Crippen LogP contribution in [-0.4, -0.2) is 13.1 Å². The zero-order chi connectivity index (χ0) is 12.7. The SMILES string of the molecule is COC(=O)C1=C(C#N)[C@@H]2CC[C@H]1c1ccccc12. The van der Waals surface area contributed by atoms with Gasteiger partial charge in [-0.1, -0.05) is 24.3 Å². The molecule has 4 rings (SSSR count). The summed E-state index contributed by atoms with van der Waals surface area (Å²) in [4.78, 5) is 11.9. The maximum absolute atomic E-state index is 11.9. The Bertz CT molecular complexity index is 595. The lowest BCUT2D eigenvalue weighted by atomic mass is 9.64. The van der Waals surface area contributed by atoms with Gasteiger partial charge in [-0.15, -0.1) is 0 Å². The summed E-state index contributed by atoms with van der Waals surface area (Å²) in [6, 6.07) is 10.3. The maximum atomic E-state index is 11.9. The summed E-state index contributed by atoms with van der Waals surface area (Å²) in [5.74, 6) is -0.241. The maximum Gasteiger partial charge on any atom is 0.335 e. The van der Waals surface area contributed by atoms with Gasteiger partial charge in [0.05, 0.1) is 18.8 Å². The molecule has 3 heteroatoms. The van der Waals surface area contributed by atoms with Crippen molar-refractivity contribution in [2.45, 2.75) is 24.7 Å². The van der Waals surface area contributed by atoms with Crippen molar-refractivity contribution in [1.29, 1.82) is 5.26 Å². The summed E-state index contributed by atoms with van der Waals surface area (Å²) < 4.78 is 4.84. The van der Waals surface area contributed by atoms with E-state index >= 15 is 0 Å². The van der Waals surface area contributed by atoms with E-state index in [0.29, 0.717) is 11.1 Å². The second-order valence-electron chi connectivity index (χ2n) is 4.74. The van der Waals surface area contributed by atoms with Gasteiger partial charge in [-0.05, 0) is 24.0 Å². The highest BCUT2D eigenvalue weighted by molar-refractivity contribution is 5.93. The molecule has 90 valence electrons. The minimum atomic E-state index is -0.351. The smallest absolute Gasteiger partial charge is 0.335 e. The molecule has 3 aliphatic rings. The van der Waals surface area contributed by atoms with Crippen LogP contribution in [0.15, 0.2) is 35.4 Å². The topological polar surface area (TPSA) is 50.1 Å². The van der Waals surface area contributed by atoms with E-state index in [-0.39, 0.29) is 17.8 Å². The Kier molecular flexibility index (Phi) is 2.45. The normalized spacial score (nSPS) is 24.4. The van der Waals surface area contributed by atoms with Gasteiger partial charge in [-0.2, -0.15) is 5.26 Å². The van der Waals surface area contributed by atoms with Crippen molar-refractivity contribution in [3.63, 3.8) is 0 Å². The average Bonchev–Trinajstić information content (AvgIpc) is 2.46. The quantitative estimate of drug-likeness (QED) is 0.708. The van der Waals surface area contributed by atoms with Crippen molar-refractivity contribution < 1.29 is 9.53 Å². The van der Waals surface area contributed by atoms with Crippen molar-refractivity contribution in [2.24, 2.45) is 0 Å². The van der Waals surface area contributed by atoms with Gasteiger partial charge in [-0.25, -0.2) is 4.79 Å². The van der Waals surface area contributed by atoms with Crippen molar-refractivity contribution >= 4 is 5.97 Å². The predicted molar refractivity (Wildman–Crippen MR) is 65.8 cm³/mol. The lowest BCUT2D eigenvalue weighted by Crippen LogP contribution is -2.29. The number of rotatable bonds is 1. The van der Waals surface area contributed by atoms with Crippen LogP contribution < -0.4 is 0 Å². The minimum absolute atomic E-state index is 0.0355. The number of carbonyl (C=O) groups is 1. The van der Waals surface area contributed by atoms with Crippen molar-refractivity contribution in [3.8, 4) is 6.07 Å². The van der Waals surface area contributed by atoms with E-state index in [4.69, 9.17) is 4.74 Å². The molecule has 3 nitrogen and oxygen atoms in total. The summed E-state index contributed by atoms with van der Waals surface area (Å²) >= 11 is 0. The highest BCUT2D eigenvalue weighted by Crippen LogP contribution is 2.52. The van der Waals surface area contributed by atoms with Gasteiger partial charge >= 0.3 is 5.97 Å². The number of methoxy groups -OCH3 is 1. The molecule has 0 fully saturated rings. The van der Waals surface area contributed by atoms with Gasteiger partial charge in [0.25, 0.3) is 0 Å². The van der Waals surface area contributed by atoms with Crippen LogP contribution in [0.5, 0.6) is 0 Å². The summed E-state index contributed by atoms with van der Waals surface area (Å²) in [6.07, 6.45) is 1.88. The molecule has 3 aliphatic carbocycles. The monoisotopic (exact) mass is 239 g/mol. The lowest BCUT2D eigenvalue weighted by molar-refractivity contribution is -0.136. The molecule has 0 N–H and O–H groups in total. The minimum Gasteiger partial charge on any atom is -0.466 e. The number of esters is 1. The van der Waals surface area contributed by atoms with Crippen LogP contribution in [-0.2, 0) is 9.53 Å². The highest BCUT2D eigenvalue weighted by Gasteiger charge is 2.42. The van der Waals surface area contributed by atoms with E-state index in [0.717, 1.165) is 12.8 Å². The van der Waals surface area contributed by atoms with Gasteiger partial charge in [0.1, 0.15) is 0 Å². The number of hydrogen-bond acceptors (Lipinski definition) is 3. The van der Waals surface area contributed by atoms with Crippen LogP contribution in [0.2, 0.25) is 0 Å². The second kappa shape index (κ2) is 3.99. The Morgan fingerprint density at radius 1 is 1.28 bits per heavy atom. The van der Waals surface area contributed by atoms with Gasteiger partial charge < -0.3 is 4.74 Å². The van der Waals surface area contributed by atoms with Crippen molar-refractivity contribution in [1.82, 2.24) is 0 Å². The first-order valence-electron chi connectivity index (χ1n) is 6.09. The molecule has 1 aromatic rings. The number of nitriles is 1. The van der Waals surface area contributed by atoms with Crippen LogP contribution in [0.1, 0.15) is 35.8 Å². The molecule has 0 radical (unpaired) electrons. The highest BCUT2D eigenvalue weighted by atomic mass is 16.5. The number of hydrogen-bond donors (Lipinski definition) is 0. The largest absolute Gasteiger partial charge is 0.466 e. The summed E-state index contributed by atoms with van der Waals surface area (Å²) in [5.41, 5.74) is 3.58. The molecule has 0 saturated carbocycles. The summed E-state index contributed by atoms with van der Waals surface area (Å²) in [5, 5.41) is 9.34. The second-order valence-corrected chi connectivity index (χ2v) is 4.74. The Labute approximate surface area is 106 Å². The van der Waals surface area contributed by atoms with Gasteiger partial charge in [-0.3, -0.25) is 0 Å². The van der Waals surface area contributed by atoms with E-state index in [1.807, 2.05) is 12.1 Å². The van der Waals surface area contributed by atoms with Gasteiger partial charge in [0.2, 0.25) is 0 Å². The standard InChI is InChI=1S/C15H13NO2/c1-18-15(17)14-12-7-6-11(13(14)8-16)9-4-2-3-5-10(9)12/h2-5,11-12H,6-7H2,1H3/t11-,12+/m1/s1. The third-order valence-corrected chi connectivity index (χ3v) is 4.00. The number of allylic oxidation sites excluding steroid dienone is 1. The molecule has 0 unspecified atom stereocenters. The number of benzene rings is 1. The number of ether oxygens (including phenoxy) is 1. The molecule has 0 amide bonds. The molecule has 0 heterocycles. The molecular weight excluding hydrogens is 226 g/mol. The average molecular weight is 239 g/mol. The number of fused-ring (bicyclic) bond motifs is 1. The van der Waals surface area contributed by atoms with Crippen molar-refractivity contribution in [2.75, 3.05) is 7.11 Å². The van der Waals surface area contributed by atoms with Crippen molar-refractivity contribution in [3.05, 3.63) is 46.5 Å². The zero-order valence-corrected chi connectivity index (χ0v) is 10.1. The van der Waals surface area contributed by atoms with Crippen LogP contribution >= 0.6 is 0 Å². The molecule has 2 atom stereocenters. The molecule has 1 aromatic carbocycles. The lowest BCUT2D eigenvalue weighted by Gasteiger charge is -2.38. The number of nitrogens with zero attached hydrogens (tertiary/aromatic N) is 1. The van der Waals surface area contributed by atoms with Gasteiger partial charge in [0, 0.05) is 17.4 Å². The van der Waals surface area contributed by atoms with Crippen LogP contribution in [0.3, 0.4) is 0 Å². The first kappa shape index (κ1) is 11.0. The molecule has 0 aliphatic heterocycles. The van der Waals surface area contributed by atoms with Gasteiger partial charge in [0.15, 0.2) is 0 Å². The van der Waals surface area contributed by atoms with E-state index in [1.54, 1.807) is 0 Å². The summed E-state index contributed by atoms with van der Waals surface area (Å²) in [6.45, 7) is 0. The Hall–Kier alpha value is -2.08. The molecular formula is C15H13NO2. The van der Waals surface area contributed by atoms with E-state index < -0.39 is 0 Å². The Morgan fingerprint density at radius 3 is 2.50 bits per heavy atom. The molecule has 18 heavy (non-hydrogen) atoms. The molecule has 0 saturated heterocycles. The fraction of sp³-hybridized carbons (Fsp3) is 0.333. The first-order valence-corrected chi connectivity index (χ1v) is 6.09. The third-order valence-electron chi connectivity index (χ3n) is 4.00. The predicted octanol–water partition coefficient (Wildman–Crippen LogP) is 2.65. The fourth-order valence-corrected chi connectivity index (χ4v) is 3.27. The molecule has 0 spiro atoms. The Morgan fingerprint density at radius 2 is 1.89 bits per heavy atom. The first-order chi connectivity index (χ1) is 8.77. The van der Waals surface area contributed by atoms with E-state index in [2.05, 4.69) is 18.2 Å². The van der Waals surface area contributed by atoms with E-state index in [1.165, 1.54) is 18.2 Å².